The van der Waals surface area contributed by atoms with E-state index in [1.54, 1.807) is 0 Å². The van der Waals surface area contributed by atoms with E-state index < -0.39 is 20.7 Å². The summed E-state index contributed by atoms with van der Waals surface area (Å²) in [5, 5.41) is 5.63. The highest BCUT2D eigenvalue weighted by molar-refractivity contribution is 7.89. The van der Waals surface area contributed by atoms with Crippen LogP contribution in [0.15, 0.2) is 47.4 Å². The molecule has 2 aromatic rings. The average Bonchev–Trinajstić information content (AvgIpc) is 2.75. The molecule has 7 nitrogen and oxygen atoms in total. The quantitative estimate of drug-likeness (QED) is 0.666. The molecule has 0 aromatic heterocycles. The molecule has 0 bridgehead atoms. The lowest BCUT2D eigenvalue weighted by Crippen LogP contribution is -2.40. The number of hydrogen-bond donors (Lipinski definition) is 2. The first kappa shape index (κ1) is 22.2. The van der Waals surface area contributed by atoms with Gasteiger partial charge in [-0.15, -0.1) is 0 Å². The highest BCUT2D eigenvalue weighted by Crippen LogP contribution is 2.24. The number of rotatable bonds is 8. The molecule has 1 aliphatic rings. The number of hydrogen-bond acceptors (Lipinski definition) is 5. The third kappa shape index (κ3) is 5.56. The molecule has 0 spiro atoms. The molecule has 2 N–H and O–H groups in total. The van der Waals surface area contributed by atoms with Gasteiger partial charge in [-0.2, -0.15) is 4.31 Å². The Hall–Kier alpha value is -2.49. The van der Waals surface area contributed by atoms with Crippen LogP contribution in [-0.4, -0.2) is 51.5 Å². The third-order valence-corrected chi connectivity index (χ3v) is 6.66. The average molecular weight is 436 g/mol. The fourth-order valence-electron chi connectivity index (χ4n) is 3.17. The Morgan fingerprint density at radius 2 is 1.77 bits per heavy atom. The fourth-order valence-corrected chi connectivity index (χ4v) is 4.67. The maximum absolute atomic E-state index is 14.2. The minimum atomic E-state index is -3.97. The van der Waals surface area contributed by atoms with Crippen LogP contribution in [0, 0.1) is 5.82 Å². The van der Waals surface area contributed by atoms with E-state index in [-0.39, 0.29) is 38.8 Å². The lowest BCUT2D eigenvalue weighted by atomic mass is 10.1. The SMILES string of the molecule is CCCc1ccc(NC(=O)CNc2ccc(F)c(S(=O)(=O)N3CCOCC3)c2)cc1. The van der Waals surface area contributed by atoms with Crippen molar-refractivity contribution in [3.05, 3.63) is 53.8 Å². The van der Waals surface area contributed by atoms with Gasteiger partial charge in [0.2, 0.25) is 15.9 Å². The molecule has 1 saturated heterocycles. The lowest BCUT2D eigenvalue weighted by Gasteiger charge is -2.26. The summed E-state index contributed by atoms with van der Waals surface area (Å²) in [5.74, 6) is -1.12. The zero-order chi connectivity index (χ0) is 21.6. The van der Waals surface area contributed by atoms with Gasteiger partial charge in [0.1, 0.15) is 10.7 Å². The molecule has 2 aromatic carbocycles. The van der Waals surface area contributed by atoms with Crippen LogP contribution >= 0.6 is 0 Å². The van der Waals surface area contributed by atoms with Gasteiger partial charge in [0, 0.05) is 24.5 Å². The van der Waals surface area contributed by atoms with Crippen molar-refractivity contribution >= 4 is 27.3 Å². The van der Waals surface area contributed by atoms with Crippen LogP contribution in [0.3, 0.4) is 0 Å². The maximum atomic E-state index is 14.2. The van der Waals surface area contributed by atoms with E-state index in [2.05, 4.69) is 17.6 Å². The first-order valence-corrected chi connectivity index (χ1v) is 11.3. The highest BCUT2D eigenvalue weighted by atomic mass is 32.2. The van der Waals surface area contributed by atoms with E-state index in [0.29, 0.717) is 11.4 Å². The fraction of sp³-hybridized carbons (Fsp3) is 0.381. The predicted molar refractivity (Wildman–Crippen MR) is 114 cm³/mol. The Bertz CT molecular complexity index is 974. The van der Waals surface area contributed by atoms with Crippen molar-refractivity contribution in [2.45, 2.75) is 24.7 Å². The monoisotopic (exact) mass is 435 g/mol. The van der Waals surface area contributed by atoms with Crippen molar-refractivity contribution in [2.24, 2.45) is 0 Å². The molecular weight excluding hydrogens is 409 g/mol. The Balaban J connectivity index is 1.63. The summed E-state index contributed by atoms with van der Waals surface area (Å²) in [6.07, 6.45) is 2.03. The van der Waals surface area contributed by atoms with Crippen LogP contribution < -0.4 is 10.6 Å². The number of nitrogens with one attached hydrogen (secondary N) is 2. The van der Waals surface area contributed by atoms with Gasteiger partial charge < -0.3 is 15.4 Å². The molecule has 0 atom stereocenters. The maximum Gasteiger partial charge on any atom is 0.246 e. The summed E-state index contributed by atoms with van der Waals surface area (Å²) in [5.41, 5.74) is 2.22. The topological polar surface area (TPSA) is 87.7 Å². The van der Waals surface area contributed by atoms with Gasteiger partial charge in [0.25, 0.3) is 0 Å². The summed E-state index contributed by atoms with van der Waals surface area (Å²) < 4.78 is 46.1. The van der Waals surface area contributed by atoms with E-state index in [4.69, 9.17) is 4.74 Å². The van der Waals surface area contributed by atoms with Crippen LogP contribution in [0.1, 0.15) is 18.9 Å². The van der Waals surface area contributed by atoms with Crippen LogP contribution in [0.4, 0.5) is 15.8 Å². The molecule has 3 rings (SSSR count). The molecule has 0 aliphatic carbocycles. The van der Waals surface area contributed by atoms with Crippen molar-refractivity contribution < 1.29 is 22.3 Å². The Morgan fingerprint density at radius 3 is 2.43 bits per heavy atom. The molecule has 1 aliphatic heterocycles. The minimum Gasteiger partial charge on any atom is -0.379 e. The standard InChI is InChI=1S/C21H26FN3O4S/c1-2-3-16-4-6-17(7-5-16)24-21(26)15-23-18-8-9-19(22)20(14-18)30(27,28)25-10-12-29-13-11-25/h4-9,14,23H,2-3,10-13,15H2,1H3,(H,24,26). The number of amides is 1. The van der Waals surface area contributed by atoms with E-state index in [1.807, 2.05) is 24.3 Å². The van der Waals surface area contributed by atoms with Gasteiger partial charge in [-0.05, 0) is 42.3 Å². The summed E-state index contributed by atoms with van der Waals surface area (Å²) >= 11 is 0. The van der Waals surface area contributed by atoms with Gasteiger partial charge in [-0.1, -0.05) is 25.5 Å². The van der Waals surface area contributed by atoms with Crippen LogP contribution in [0.5, 0.6) is 0 Å². The van der Waals surface area contributed by atoms with Crippen molar-refractivity contribution in [3.63, 3.8) is 0 Å². The van der Waals surface area contributed by atoms with Crippen molar-refractivity contribution in [3.8, 4) is 0 Å². The molecular formula is C21H26FN3O4S. The smallest absolute Gasteiger partial charge is 0.246 e. The number of aryl methyl sites for hydroxylation is 1. The van der Waals surface area contributed by atoms with Gasteiger partial charge in [-0.3, -0.25) is 4.79 Å². The number of nitrogens with zero attached hydrogens (tertiary/aromatic N) is 1. The zero-order valence-corrected chi connectivity index (χ0v) is 17.7. The Morgan fingerprint density at radius 1 is 1.10 bits per heavy atom. The minimum absolute atomic E-state index is 0.0839. The first-order valence-electron chi connectivity index (χ1n) is 9.90. The number of morpholine rings is 1. The highest BCUT2D eigenvalue weighted by Gasteiger charge is 2.29. The second kappa shape index (κ2) is 10.0. The van der Waals surface area contributed by atoms with E-state index >= 15 is 0 Å². The third-order valence-electron chi connectivity index (χ3n) is 4.75. The largest absolute Gasteiger partial charge is 0.379 e. The summed E-state index contributed by atoms with van der Waals surface area (Å²) in [6, 6.07) is 11.3. The van der Waals surface area contributed by atoms with Crippen molar-refractivity contribution in [1.82, 2.24) is 4.31 Å². The van der Waals surface area contributed by atoms with Crippen molar-refractivity contribution in [2.75, 3.05) is 43.5 Å². The molecule has 1 fully saturated rings. The number of benzene rings is 2. The van der Waals surface area contributed by atoms with Gasteiger partial charge in [0.05, 0.1) is 19.8 Å². The van der Waals surface area contributed by atoms with E-state index in [9.17, 15) is 17.6 Å². The normalized spacial score (nSPS) is 15.0. The first-order chi connectivity index (χ1) is 14.4. The molecule has 30 heavy (non-hydrogen) atoms. The molecule has 1 amide bonds. The number of sulfonamides is 1. The van der Waals surface area contributed by atoms with Gasteiger partial charge in [0.15, 0.2) is 0 Å². The molecule has 162 valence electrons. The Labute approximate surface area is 176 Å². The number of anilines is 2. The van der Waals surface area contributed by atoms with Crippen LogP contribution in [0.2, 0.25) is 0 Å². The van der Waals surface area contributed by atoms with E-state index in [1.165, 1.54) is 22.0 Å². The van der Waals surface area contributed by atoms with Crippen LogP contribution in [-0.2, 0) is 26.0 Å². The summed E-state index contributed by atoms with van der Waals surface area (Å²) in [4.78, 5) is 11.8. The molecule has 0 unspecified atom stereocenters. The summed E-state index contributed by atoms with van der Waals surface area (Å²) in [7, 11) is -3.97. The van der Waals surface area contributed by atoms with Gasteiger partial charge in [-0.25, -0.2) is 12.8 Å². The second-order valence-electron chi connectivity index (χ2n) is 7.01. The number of ether oxygens (including phenoxy) is 1. The number of carbonyl (C=O) groups is 1. The van der Waals surface area contributed by atoms with E-state index in [0.717, 1.165) is 18.9 Å². The molecule has 1 heterocycles. The van der Waals surface area contributed by atoms with Crippen molar-refractivity contribution in [1.29, 1.82) is 0 Å². The van der Waals surface area contributed by atoms with Crippen LogP contribution in [0.25, 0.3) is 0 Å². The Kier molecular flexibility index (Phi) is 7.41. The number of carbonyl (C=O) groups excluding carboxylic acids is 1. The zero-order valence-electron chi connectivity index (χ0n) is 16.9. The number of halogens is 1. The lowest BCUT2D eigenvalue weighted by molar-refractivity contribution is -0.114. The predicted octanol–water partition coefficient (Wildman–Crippen LogP) is 2.85. The molecule has 9 heteroatoms. The molecule has 0 radical (unpaired) electrons. The second-order valence-corrected chi connectivity index (χ2v) is 8.92. The molecule has 0 saturated carbocycles. The van der Waals surface area contributed by atoms with Gasteiger partial charge >= 0.3 is 0 Å². The summed E-state index contributed by atoms with van der Waals surface area (Å²) in [6.45, 7) is 2.93.